The third-order valence-electron chi connectivity index (χ3n) is 5.08. The monoisotopic (exact) mass is 466 g/mol. The Balaban J connectivity index is 1.53. The average Bonchev–Trinajstić information content (AvgIpc) is 2.82. The van der Waals surface area contributed by atoms with Crippen molar-refractivity contribution in [1.82, 2.24) is 15.3 Å². The first-order chi connectivity index (χ1) is 16.6. The highest BCUT2D eigenvalue weighted by Gasteiger charge is 2.28. The van der Waals surface area contributed by atoms with Crippen LogP contribution < -0.4 is 15.5 Å². The van der Waals surface area contributed by atoms with E-state index in [1.165, 1.54) is 0 Å². The summed E-state index contributed by atoms with van der Waals surface area (Å²) >= 11 is 1.64. The molecule has 7 nitrogen and oxygen atoms in total. The summed E-state index contributed by atoms with van der Waals surface area (Å²) in [6, 6.07) is 26.7. The molecule has 3 aromatic carbocycles. The van der Waals surface area contributed by atoms with Crippen molar-refractivity contribution in [2.75, 3.05) is 10.2 Å². The lowest BCUT2D eigenvalue weighted by molar-refractivity contribution is 0.252. The third kappa shape index (κ3) is 4.62. The second kappa shape index (κ2) is 9.36. The number of rotatable bonds is 2. The smallest absolute Gasteiger partial charge is 0.326 e. The van der Waals surface area contributed by atoms with Crippen molar-refractivity contribution in [2.24, 2.45) is 4.99 Å². The number of aromatic nitrogens is 2. The summed E-state index contributed by atoms with van der Waals surface area (Å²) in [5.41, 5.74) is 4.00. The van der Waals surface area contributed by atoms with Gasteiger partial charge in [-0.1, -0.05) is 54.2 Å². The second-order valence-electron chi connectivity index (χ2n) is 7.71. The Morgan fingerprint density at radius 3 is 2.00 bits per heavy atom. The number of nitrogens with one attached hydrogen (secondary N) is 2. The molecule has 1 aromatic heterocycles. The Morgan fingerprint density at radius 1 is 0.824 bits per heavy atom. The number of hydrogen-bond acceptors (Lipinski definition) is 5. The van der Waals surface area contributed by atoms with Gasteiger partial charge in [0.25, 0.3) is 5.95 Å². The highest BCUT2D eigenvalue weighted by molar-refractivity contribution is 7.99. The maximum absolute atomic E-state index is 13.7. The molecule has 168 valence electrons. The van der Waals surface area contributed by atoms with E-state index in [2.05, 4.69) is 25.6 Å². The fraction of sp³-hybridized carbons (Fsp3) is 0.0769. The molecule has 0 radical (unpaired) electrons. The van der Waals surface area contributed by atoms with Crippen LogP contribution in [0.3, 0.4) is 0 Å². The van der Waals surface area contributed by atoms with Gasteiger partial charge in [-0.25, -0.2) is 14.8 Å². The third-order valence-corrected chi connectivity index (χ3v) is 6.21. The largest absolute Gasteiger partial charge is 0.333 e. The molecule has 0 fully saturated rings. The Morgan fingerprint density at radius 2 is 1.38 bits per heavy atom. The zero-order valence-electron chi connectivity index (χ0n) is 18.7. The number of nitrogens with zero attached hydrogens (tertiary/aromatic N) is 4. The molecule has 0 saturated heterocycles. The molecule has 0 spiro atoms. The number of amides is 2. The molecule has 34 heavy (non-hydrogen) atoms. The van der Waals surface area contributed by atoms with Crippen LogP contribution >= 0.6 is 11.8 Å². The molecule has 0 atom stereocenters. The van der Waals surface area contributed by atoms with Crippen molar-refractivity contribution >= 4 is 46.8 Å². The number of fused-ring (bicyclic) bond motifs is 2. The number of aliphatic imine (C=N–C) groups is 1. The molecule has 2 amide bonds. The van der Waals surface area contributed by atoms with E-state index in [-0.39, 0.29) is 17.9 Å². The number of aryl methyl sites for hydroxylation is 2. The second-order valence-corrected chi connectivity index (χ2v) is 8.79. The van der Waals surface area contributed by atoms with Crippen LogP contribution in [0.4, 0.5) is 27.8 Å². The van der Waals surface area contributed by atoms with Crippen LogP contribution in [0.1, 0.15) is 11.4 Å². The molecule has 0 aliphatic carbocycles. The number of para-hydroxylation sites is 3. The quantitative estimate of drug-likeness (QED) is 0.271. The standard InChI is InChI=1S/C26H22N6OS/c1-17-16-18(2)28-24(27-17)30-25(29-19-10-4-3-5-11-19)31-26(33)32-20-12-6-8-14-22(20)34-23-15-9-7-13-21(23)32/h3-16H,1-2H3,(H2,27,28,29,30,31,33). The zero-order valence-corrected chi connectivity index (χ0v) is 19.5. The van der Waals surface area contributed by atoms with E-state index in [9.17, 15) is 4.79 Å². The fourth-order valence-electron chi connectivity index (χ4n) is 3.68. The van der Waals surface area contributed by atoms with Gasteiger partial charge in [0, 0.05) is 26.9 Å². The van der Waals surface area contributed by atoms with Crippen LogP contribution in [-0.2, 0) is 0 Å². The van der Waals surface area contributed by atoms with E-state index in [1.54, 1.807) is 16.7 Å². The summed E-state index contributed by atoms with van der Waals surface area (Å²) in [5.74, 6) is 0.501. The van der Waals surface area contributed by atoms with Crippen LogP contribution in [0.5, 0.6) is 0 Å². The molecule has 8 heteroatoms. The zero-order chi connectivity index (χ0) is 23.5. The lowest BCUT2D eigenvalue weighted by Crippen LogP contribution is -2.44. The van der Waals surface area contributed by atoms with Crippen molar-refractivity contribution in [3.05, 3.63) is 96.3 Å². The first kappa shape index (κ1) is 21.7. The number of urea groups is 1. The minimum Gasteiger partial charge on any atom is -0.326 e. The van der Waals surface area contributed by atoms with E-state index >= 15 is 0 Å². The normalized spacial score (nSPS) is 12.5. The van der Waals surface area contributed by atoms with Crippen molar-refractivity contribution in [3.8, 4) is 0 Å². The van der Waals surface area contributed by atoms with Gasteiger partial charge in [-0.3, -0.25) is 10.2 Å². The Bertz CT molecular complexity index is 1320. The highest BCUT2D eigenvalue weighted by Crippen LogP contribution is 2.47. The van der Waals surface area contributed by atoms with E-state index in [0.717, 1.165) is 38.2 Å². The van der Waals surface area contributed by atoms with Gasteiger partial charge in [-0.2, -0.15) is 4.99 Å². The molecule has 0 bridgehead atoms. The molecule has 0 unspecified atom stereocenters. The molecule has 1 aliphatic heterocycles. The van der Waals surface area contributed by atoms with E-state index in [0.29, 0.717) is 0 Å². The number of guanidine groups is 1. The Labute approximate surface area is 202 Å². The van der Waals surface area contributed by atoms with E-state index in [1.807, 2.05) is 98.8 Å². The average molecular weight is 467 g/mol. The van der Waals surface area contributed by atoms with E-state index < -0.39 is 0 Å². The number of hydrogen-bond donors (Lipinski definition) is 2. The Hall–Kier alpha value is -4.17. The van der Waals surface area contributed by atoms with Crippen molar-refractivity contribution in [3.63, 3.8) is 0 Å². The summed E-state index contributed by atoms with van der Waals surface area (Å²) < 4.78 is 0. The topological polar surface area (TPSA) is 82.5 Å². The summed E-state index contributed by atoms with van der Waals surface area (Å²) in [7, 11) is 0. The lowest BCUT2D eigenvalue weighted by Gasteiger charge is -2.31. The molecule has 0 saturated carbocycles. The molecular formula is C26H22N6OS. The van der Waals surface area contributed by atoms with Crippen LogP contribution in [0, 0.1) is 13.8 Å². The van der Waals surface area contributed by atoms with Gasteiger partial charge in [0.2, 0.25) is 5.96 Å². The molecule has 2 heterocycles. The van der Waals surface area contributed by atoms with Gasteiger partial charge in [-0.05, 0) is 56.3 Å². The maximum Gasteiger partial charge on any atom is 0.333 e. The van der Waals surface area contributed by atoms with Gasteiger partial charge in [-0.15, -0.1) is 0 Å². The van der Waals surface area contributed by atoms with Crippen molar-refractivity contribution in [2.45, 2.75) is 23.6 Å². The van der Waals surface area contributed by atoms with Gasteiger partial charge in [0.15, 0.2) is 0 Å². The fourth-order valence-corrected chi connectivity index (χ4v) is 4.74. The van der Waals surface area contributed by atoms with E-state index in [4.69, 9.17) is 0 Å². The minimum atomic E-state index is -0.341. The summed E-state index contributed by atoms with van der Waals surface area (Å²) in [5, 5.41) is 6.13. The minimum absolute atomic E-state index is 0.231. The lowest BCUT2D eigenvalue weighted by atomic mass is 10.2. The molecule has 2 N–H and O–H groups in total. The predicted molar refractivity (Wildman–Crippen MR) is 136 cm³/mol. The Kier molecular flexibility index (Phi) is 5.97. The van der Waals surface area contributed by atoms with Crippen LogP contribution in [0.15, 0.2) is 99.7 Å². The first-order valence-corrected chi connectivity index (χ1v) is 11.6. The first-order valence-electron chi connectivity index (χ1n) is 10.8. The molecular weight excluding hydrogens is 444 g/mol. The van der Waals surface area contributed by atoms with Crippen molar-refractivity contribution in [1.29, 1.82) is 0 Å². The number of benzene rings is 3. The summed E-state index contributed by atoms with van der Waals surface area (Å²) in [4.78, 5) is 30.7. The van der Waals surface area contributed by atoms with Gasteiger partial charge in [0.1, 0.15) is 0 Å². The van der Waals surface area contributed by atoms with Crippen LogP contribution in [0.2, 0.25) is 0 Å². The SMILES string of the molecule is Cc1cc(C)nc(/N=C(/NC(=O)N2c3ccccc3Sc3ccccc32)Nc2ccccc2)n1. The van der Waals surface area contributed by atoms with Crippen LogP contribution in [-0.4, -0.2) is 22.0 Å². The number of carbonyl (C=O) groups is 1. The summed E-state index contributed by atoms with van der Waals surface area (Å²) in [6.45, 7) is 3.77. The maximum atomic E-state index is 13.7. The predicted octanol–water partition coefficient (Wildman–Crippen LogP) is 6.21. The molecule has 4 aromatic rings. The highest BCUT2D eigenvalue weighted by atomic mass is 32.2. The van der Waals surface area contributed by atoms with Gasteiger partial charge in [0.05, 0.1) is 11.4 Å². The number of carbonyl (C=O) groups excluding carboxylic acids is 1. The van der Waals surface area contributed by atoms with Crippen molar-refractivity contribution < 1.29 is 4.79 Å². The number of anilines is 3. The molecule has 5 rings (SSSR count). The van der Waals surface area contributed by atoms with Gasteiger partial charge < -0.3 is 5.32 Å². The van der Waals surface area contributed by atoms with Crippen LogP contribution in [0.25, 0.3) is 0 Å². The van der Waals surface area contributed by atoms with Gasteiger partial charge >= 0.3 is 6.03 Å². The molecule has 1 aliphatic rings. The summed E-state index contributed by atoms with van der Waals surface area (Å²) in [6.07, 6.45) is 0.